The number of ether oxygens (including phenoxy) is 1. The Kier molecular flexibility index (Phi) is 5.09. The van der Waals surface area contributed by atoms with Crippen molar-refractivity contribution in [1.29, 1.82) is 5.26 Å². The summed E-state index contributed by atoms with van der Waals surface area (Å²) in [4.78, 5) is 16.5. The predicted octanol–water partition coefficient (Wildman–Crippen LogP) is 4.06. The molecule has 0 radical (unpaired) electrons. The largest absolute Gasteiger partial charge is 0.465 e. The first-order valence-corrected chi connectivity index (χ1v) is 7.37. The molecule has 1 heterocycles. The summed E-state index contributed by atoms with van der Waals surface area (Å²) in [6.07, 6.45) is 0. The maximum Gasteiger partial charge on any atom is 0.340 e. The van der Waals surface area contributed by atoms with Crippen molar-refractivity contribution >= 4 is 35.0 Å². The molecule has 23 heavy (non-hydrogen) atoms. The highest BCUT2D eigenvalue weighted by Gasteiger charge is 2.26. The maximum absolute atomic E-state index is 12.2. The number of benzene rings is 1. The van der Waals surface area contributed by atoms with Crippen LogP contribution >= 0.6 is 23.2 Å². The minimum atomic E-state index is -0.597. The number of rotatable bonds is 3. The lowest BCUT2D eigenvalue weighted by Crippen LogP contribution is -2.12. The van der Waals surface area contributed by atoms with Crippen LogP contribution in [0.3, 0.4) is 0 Å². The van der Waals surface area contributed by atoms with Crippen molar-refractivity contribution in [3.63, 3.8) is 0 Å². The molecule has 0 amide bonds. The van der Waals surface area contributed by atoms with Gasteiger partial charge in [0.05, 0.1) is 28.4 Å². The molecule has 5 nitrogen and oxygen atoms in total. The van der Waals surface area contributed by atoms with Gasteiger partial charge in [-0.1, -0.05) is 35.3 Å². The fraction of sp³-hybridized carbons (Fsp3) is 0.188. The Balaban J connectivity index is 2.99. The molecule has 118 valence electrons. The summed E-state index contributed by atoms with van der Waals surface area (Å²) in [6.45, 7) is 1.66. The fourth-order valence-electron chi connectivity index (χ4n) is 2.31. The average molecular weight is 350 g/mol. The smallest absolute Gasteiger partial charge is 0.340 e. The molecule has 7 heteroatoms. The van der Waals surface area contributed by atoms with Crippen molar-refractivity contribution < 1.29 is 9.53 Å². The van der Waals surface area contributed by atoms with Crippen LogP contribution in [0.1, 0.15) is 21.6 Å². The zero-order chi connectivity index (χ0) is 17.1. The molecule has 1 N–H and O–H groups in total. The highest BCUT2D eigenvalue weighted by atomic mass is 35.5. The molecule has 0 fully saturated rings. The van der Waals surface area contributed by atoms with Crippen molar-refractivity contribution in [2.75, 3.05) is 19.5 Å². The second-order valence-corrected chi connectivity index (χ2v) is 5.41. The number of pyridine rings is 1. The Morgan fingerprint density at radius 2 is 2.09 bits per heavy atom. The van der Waals surface area contributed by atoms with E-state index >= 15 is 0 Å². The third kappa shape index (κ3) is 2.96. The summed E-state index contributed by atoms with van der Waals surface area (Å²) in [5.41, 5.74) is 1.63. The van der Waals surface area contributed by atoms with Crippen molar-refractivity contribution in [2.24, 2.45) is 0 Å². The van der Waals surface area contributed by atoms with Gasteiger partial charge in [0, 0.05) is 18.2 Å². The number of esters is 1. The van der Waals surface area contributed by atoms with Gasteiger partial charge in [-0.15, -0.1) is 0 Å². The van der Waals surface area contributed by atoms with Crippen LogP contribution in [0.4, 0.5) is 5.82 Å². The van der Waals surface area contributed by atoms with Gasteiger partial charge in [-0.2, -0.15) is 5.26 Å². The molecule has 0 saturated carbocycles. The lowest BCUT2D eigenvalue weighted by Gasteiger charge is -2.16. The van der Waals surface area contributed by atoms with Gasteiger partial charge in [0.25, 0.3) is 0 Å². The van der Waals surface area contributed by atoms with Crippen molar-refractivity contribution in [2.45, 2.75) is 6.92 Å². The van der Waals surface area contributed by atoms with E-state index < -0.39 is 5.97 Å². The van der Waals surface area contributed by atoms with Crippen molar-refractivity contribution in [3.05, 3.63) is 45.1 Å². The second kappa shape index (κ2) is 6.86. The first-order chi connectivity index (χ1) is 11.0. The van der Waals surface area contributed by atoms with Crippen LogP contribution in [-0.4, -0.2) is 25.1 Å². The number of nitrogens with zero attached hydrogens (tertiary/aromatic N) is 2. The van der Waals surface area contributed by atoms with E-state index in [2.05, 4.69) is 16.4 Å². The molecule has 0 saturated heterocycles. The SMILES string of the molecule is CNc1nc(C)c(C(=O)OC)c(-c2cccc(Cl)c2Cl)c1C#N. The molecular weight excluding hydrogens is 337 g/mol. The number of nitrogens with one attached hydrogen (secondary N) is 1. The molecular formula is C16H13Cl2N3O2. The highest BCUT2D eigenvalue weighted by molar-refractivity contribution is 6.43. The third-order valence-corrected chi connectivity index (χ3v) is 4.16. The van der Waals surface area contributed by atoms with Crippen LogP contribution in [0.25, 0.3) is 11.1 Å². The van der Waals surface area contributed by atoms with Gasteiger partial charge in [0.2, 0.25) is 0 Å². The van der Waals surface area contributed by atoms with E-state index in [9.17, 15) is 10.1 Å². The minimum absolute atomic E-state index is 0.187. The van der Waals surface area contributed by atoms with Gasteiger partial charge < -0.3 is 10.1 Å². The van der Waals surface area contributed by atoms with Gasteiger partial charge in [-0.3, -0.25) is 0 Å². The monoisotopic (exact) mass is 349 g/mol. The van der Waals surface area contributed by atoms with Crippen LogP contribution in [0.15, 0.2) is 18.2 Å². The number of hydrogen-bond acceptors (Lipinski definition) is 5. The van der Waals surface area contributed by atoms with Crippen LogP contribution in [0.5, 0.6) is 0 Å². The van der Waals surface area contributed by atoms with E-state index in [0.29, 0.717) is 27.7 Å². The lowest BCUT2D eigenvalue weighted by atomic mass is 9.94. The standard InChI is InChI=1S/C16H13Cl2N3O2/c1-8-12(16(22)23-3)13(10(7-19)15(20-2)21-8)9-5-4-6-11(17)14(9)18/h4-6H,1-3H3,(H,20,21). The molecule has 0 unspecified atom stereocenters. The molecule has 0 bridgehead atoms. The number of carbonyl (C=O) groups excluding carboxylic acids is 1. The summed E-state index contributed by atoms with van der Waals surface area (Å²) in [5.74, 6) is -0.246. The third-order valence-electron chi connectivity index (χ3n) is 3.34. The predicted molar refractivity (Wildman–Crippen MR) is 90.0 cm³/mol. The Morgan fingerprint density at radius 3 is 2.65 bits per heavy atom. The zero-order valence-electron chi connectivity index (χ0n) is 12.7. The number of aromatic nitrogens is 1. The topological polar surface area (TPSA) is 75.0 Å². The molecule has 0 atom stereocenters. The van der Waals surface area contributed by atoms with E-state index in [-0.39, 0.29) is 16.1 Å². The average Bonchev–Trinajstić information content (AvgIpc) is 2.55. The number of methoxy groups -OCH3 is 1. The fourth-order valence-corrected chi connectivity index (χ4v) is 2.71. The summed E-state index contributed by atoms with van der Waals surface area (Å²) >= 11 is 12.4. The number of carbonyl (C=O) groups is 1. The van der Waals surface area contributed by atoms with Crippen LogP contribution in [-0.2, 0) is 4.74 Å². The van der Waals surface area contributed by atoms with Crippen LogP contribution in [0.2, 0.25) is 10.0 Å². The minimum Gasteiger partial charge on any atom is -0.465 e. The van der Waals surface area contributed by atoms with Gasteiger partial charge in [0.1, 0.15) is 17.5 Å². The number of anilines is 1. The van der Waals surface area contributed by atoms with Gasteiger partial charge in [0.15, 0.2) is 0 Å². The van der Waals surface area contributed by atoms with Crippen molar-refractivity contribution in [1.82, 2.24) is 4.98 Å². The Bertz CT molecular complexity index is 829. The molecule has 0 spiro atoms. The maximum atomic E-state index is 12.2. The summed E-state index contributed by atoms with van der Waals surface area (Å²) < 4.78 is 4.84. The zero-order valence-corrected chi connectivity index (χ0v) is 14.2. The van der Waals surface area contributed by atoms with Crippen LogP contribution < -0.4 is 5.32 Å². The van der Waals surface area contributed by atoms with Gasteiger partial charge >= 0.3 is 5.97 Å². The van der Waals surface area contributed by atoms with Crippen molar-refractivity contribution in [3.8, 4) is 17.2 Å². The van der Waals surface area contributed by atoms with E-state index in [4.69, 9.17) is 27.9 Å². The molecule has 1 aromatic carbocycles. The Morgan fingerprint density at radius 1 is 1.39 bits per heavy atom. The second-order valence-electron chi connectivity index (χ2n) is 4.63. The molecule has 0 aliphatic rings. The van der Waals surface area contributed by atoms with E-state index in [1.54, 1.807) is 32.2 Å². The summed E-state index contributed by atoms with van der Waals surface area (Å²) in [7, 11) is 2.91. The van der Waals surface area contributed by atoms with E-state index in [1.165, 1.54) is 7.11 Å². The number of aryl methyl sites for hydroxylation is 1. The number of nitriles is 1. The van der Waals surface area contributed by atoms with Gasteiger partial charge in [-0.25, -0.2) is 9.78 Å². The molecule has 1 aromatic heterocycles. The highest BCUT2D eigenvalue weighted by Crippen LogP contribution is 2.39. The molecule has 0 aliphatic carbocycles. The molecule has 2 rings (SSSR count). The molecule has 2 aromatic rings. The quantitative estimate of drug-likeness (QED) is 0.845. The van der Waals surface area contributed by atoms with Crippen LogP contribution in [0, 0.1) is 18.3 Å². The van der Waals surface area contributed by atoms with E-state index in [0.717, 1.165) is 0 Å². The number of halogens is 2. The summed E-state index contributed by atoms with van der Waals surface area (Å²) in [6, 6.07) is 7.09. The number of hydrogen-bond donors (Lipinski definition) is 1. The lowest BCUT2D eigenvalue weighted by molar-refractivity contribution is 0.0600. The first kappa shape index (κ1) is 17.1. The van der Waals surface area contributed by atoms with E-state index in [1.807, 2.05) is 0 Å². The molecule has 0 aliphatic heterocycles. The Hall–Kier alpha value is -2.29. The first-order valence-electron chi connectivity index (χ1n) is 6.61. The van der Waals surface area contributed by atoms with Gasteiger partial charge in [-0.05, 0) is 13.0 Å². The summed E-state index contributed by atoms with van der Waals surface area (Å²) in [5, 5.41) is 13.0. The normalized spacial score (nSPS) is 10.1. The Labute approximate surface area is 143 Å².